The lowest BCUT2D eigenvalue weighted by molar-refractivity contribution is -0.0857. The molecule has 0 spiro atoms. The summed E-state index contributed by atoms with van der Waals surface area (Å²) >= 11 is 0. The molecule has 2 unspecified atom stereocenters. The minimum atomic E-state index is 0.00547. The molecule has 2 atom stereocenters. The molecule has 86 valence electrons. The Balaban J connectivity index is 2.64. The van der Waals surface area contributed by atoms with Crippen LogP contribution < -0.4 is 0 Å². The molecule has 1 fully saturated rings. The van der Waals surface area contributed by atoms with Gasteiger partial charge in [-0.3, -0.25) is 0 Å². The van der Waals surface area contributed by atoms with Crippen molar-refractivity contribution in [2.45, 2.75) is 52.6 Å². The zero-order chi connectivity index (χ0) is 11.5. The summed E-state index contributed by atoms with van der Waals surface area (Å²) in [6, 6.07) is 2.33. The molecular weight excluding hydrogens is 186 g/mol. The van der Waals surface area contributed by atoms with Gasteiger partial charge in [0.1, 0.15) is 0 Å². The van der Waals surface area contributed by atoms with Crippen LogP contribution in [0, 0.1) is 29.1 Å². The van der Waals surface area contributed by atoms with E-state index in [1.807, 2.05) is 0 Å². The molecule has 0 N–H and O–H groups in total. The molecule has 0 aromatic rings. The molecule has 15 heavy (non-hydrogen) atoms. The summed E-state index contributed by atoms with van der Waals surface area (Å²) < 4.78 is 5.72. The molecule has 0 saturated carbocycles. The number of nitriles is 1. The van der Waals surface area contributed by atoms with Crippen molar-refractivity contribution in [1.29, 1.82) is 5.26 Å². The van der Waals surface area contributed by atoms with Gasteiger partial charge in [-0.2, -0.15) is 5.26 Å². The maximum Gasteiger partial charge on any atom is 0.0629 e. The van der Waals surface area contributed by atoms with Gasteiger partial charge in [0.2, 0.25) is 0 Å². The Morgan fingerprint density at radius 2 is 2.13 bits per heavy atom. The SMILES string of the molecule is CC(C)C(CC#N)C1CCOC(C)(C)C1. The Labute approximate surface area is 93.6 Å². The monoisotopic (exact) mass is 209 g/mol. The smallest absolute Gasteiger partial charge is 0.0629 e. The first-order valence-corrected chi connectivity index (χ1v) is 5.97. The number of nitrogens with zero attached hydrogens (tertiary/aromatic N) is 1. The van der Waals surface area contributed by atoms with Crippen LogP contribution in [0.1, 0.15) is 47.0 Å². The van der Waals surface area contributed by atoms with Crippen molar-refractivity contribution >= 4 is 0 Å². The number of ether oxygens (including phenoxy) is 1. The molecule has 0 bridgehead atoms. The van der Waals surface area contributed by atoms with E-state index in [1.165, 1.54) is 0 Å². The lowest BCUT2D eigenvalue weighted by atomic mass is 9.74. The summed E-state index contributed by atoms with van der Waals surface area (Å²) in [6.45, 7) is 9.62. The Kier molecular flexibility index (Phi) is 4.16. The molecule has 1 aliphatic rings. The Bertz CT molecular complexity index is 239. The highest BCUT2D eigenvalue weighted by Crippen LogP contribution is 2.37. The second-order valence-corrected chi connectivity index (χ2v) is 5.63. The van der Waals surface area contributed by atoms with Gasteiger partial charge in [-0.15, -0.1) is 0 Å². The highest BCUT2D eigenvalue weighted by Gasteiger charge is 2.34. The van der Waals surface area contributed by atoms with Crippen molar-refractivity contribution in [3.05, 3.63) is 0 Å². The van der Waals surface area contributed by atoms with Crippen LogP contribution >= 0.6 is 0 Å². The first-order valence-electron chi connectivity index (χ1n) is 5.97. The highest BCUT2D eigenvalue weighted by molar-refractivity contribution is 4.88. The average Bonchev–Trinajstić information content (AvgIpc) is 2.11. The molecule has 1 saturated heterocycles. The molecule has 1 aliphatic heterocycles. The molecular formula is C13H23NO. The summed E-state index contributed by atoms with van der Waals surface area (Å²) in [7, 11) is 0. The van der Waals surface area contributed by atoms with Gasteiger partial charge in [0.05, 0.1) is 11.7 Å². The molecule has 0 amide bonds. The largest absolute Gasteiger partial charge is 0.376 e. The van der Waals surface area contributed by atoms with Gasteiger partial charge >= 0.3 is 0 Å². The predicted molar refractivity (Wildman–Crippen MR) is 61.3 cm³/mol. The zero-order valence-electron chi connectivity index (χ0n) is 10.4. The minimum absolute atomic E-state index is 0.00547. The van der Waals surface area contributed by atoms with Gasteiger partial charge in [0.15, 0.2) is 0 Å². The maximum atomic E-state index is 8.87. The van der Waals surface area contributed by atoms with Crippen LogP contribution in [-0.4, -0.2) is 12.2 Å². The number of hydrogen-bond acceptors (Lipinski definition) is 2. The van der Waals surface area contributed by atoms with E-state index in [2.05, 4.69) is 33.8 Å². The van der Waals surface area contributed by atoms with Crippen molar-refractivity contribution in [2.75, 3.05) is 6.61 Å². The van der Waals surface area contributed by atoms with Crippen molar-refractivity contribution in [3.8, 4) is 6.07 Å². The Hall–Kier alpha value is -0.550. The van der Waals surface area contributed by atoms with E-state index in [9.17, 15) is 0 Å². The molecule has 0 radical (unpaired) electrons. The lowest BCUT2D eigenvalue weighted by Crippen LogP contribution is -2.38. The number of rotatable bonds is 3. The van der Waals surface area contributed by atoms with Crippen LogP contribution in [0.4, 0.5) is 0 Å². The lowest BCUT2D eigenvalue weighted by Gasteiger charge is -2.40. The van der Waals surface area contributed by atoms with Gasteiger partial charge < -0.3 is 4.74 Å². The molecule has 2 heteroatoms. The van der Waals surface area contributed by atoms with Crippen LogP contribution in [0.2, 0.25) is 0 Å². The first-order chi connectivity index (χ1) is 6.96. The van der Waals surface area contributed by atoms with Crippen LogP contribution in [0.3, 0.4) is 0 Å². The van der Waals surface area contributed by atoms with Crippen molar-refractivity contribution < 1.29 is 4.74 Å². The summed E-state index contributed by atoms with van der Waals surface area (Å²) in [6.07, 6.45) is 2.91. The summed E-state index contributed by atoms with van der Waals surface area (Å²) in [5.74, 6) is 1.80. The van der Waals surface area contributed by atoms with Crippen molar-refractivity contribution in [3.63, 3.8) is 0 Å². The molecule has 1 heterocycles. The zero-order valence-corrected chi connectivity index (χ0v) is 10.4. The van der Waals surface area contributed by atoms with Gasteiger partial charge in [-0.25, -0.2) is 0 Å². The fourth-order valence-corrected chi connectivity index (χ4v) is 2.70. The standard InChI is InChI=1S/C13H23NO/c1-10(2)12(5-7-14)11-6-8-15-13(3,4)9-11/h10-12H,5-6,8-9H2,1-4H3. The number of hydrogen-bond donors (Lipinski definition) is 0. The quantitative estimate of drug-likeness (QED) is 0.714. The first kappa shape index (κ1) is 12.5. The van der Waals surface area contributed by atoms with Crippen LogP contribution in [0.5, 0.6) is 0 Å². The average molecular weight is 209 g/mol. The van der Waals surface area contributed by atoms with Crippen molar-refractivity contribution in [2.24, 2.45) is 17.8 Å². The topological polar surface area (TPSA) is 33.0 Å². The van der Waals surface area contributed by atoms with Gasteiger partial charge in [0, 0.05) is 13.0 Å². The second kappa shape index (κ2) is 4.99. The van der Waals surface area contributed by atoms with Gasteiger partial charge in [-0.1, -0.05) is 13.8 Å². The highest BCUT2D eigenvalue weighted by atomic mass is 16.5. The fraction of sp³-hybridized carbons (Fsp3) is 0.923. The Morgan fingerprint density at radius 3 is 2.60 bits per heavy atom. The summed E-state index contributed by atoms with van der Waals surface area (Å²) in [5.41, 5.74) is 0.00547. The van der Waals surface area contributed by atoms with Gasteiger partial charge in [0.25, 0.3) is 0 Å². The van der Waals surface area contributed by atoms with E-state index < -0.39 is 0 Å². The van der Waals surface area contributed by atoms with E-state index in [-0.39, 0.29) is 5.60 Å². The predicted octanol–water partition coefficient (Wildman–Crippen LogP) is 3.38. The van der Waals surface area contributed by atoms with Gasteiger partial charge in [-0.05, 0) is 44.4 Å². The maximum absolute atomic E-state index is 8.87. The minimum Gasteiger partial charge on any atom is -0.376 e. The third-order valence-corrected chi connectivity index (χ3v) is 3.52. The van der Waals surface area contributed by atoms with Crippen LogP contribution in [0.15, 0.2) is 0 Å². The van der Waals surface area contributed by atoms with E-state index in [0.717, 1.165) is 19.4 Å². The normalized spacial score (nSPS) is 27.3. The van der Waals surface area contributed by atoms with E-state index in [4.69, 9.17) is 10.00 Å². The third kappa shape index (κ3) is 3.50. The molecule has 0 aromatic heterocycles. The summed E-state index contributed by atoms with van der Waals surface area (Å²) in [5, 5.41) is 8.87. The molecule has 0 aromatic carbocycles. The third-order valence-electron chi connectivity index (χ3n) is 3.52. The van der Waals surface area contributed by atoms with Crippen LogP contribution in [0.25, 0.3) is 0 Å². The summed E-state index contributed by atoms with van der Waals surface area (Å²) in [4.78, 5) is 0. The second-order valence-electron chi connectivity index (χ2n) is 5.63. The Morgan fingerprint density at radius 1 is 1.47 bits per heavy atom. The fourth-order valence-electron chi connectivity index (χ4n) is 2.70. The van der Waals surface area contributed by atoms with Crippen molar-refractivity contribution in [1.82, 2.24) is 0 Å². The van der Waals surface area contributed by atoms with Crippen LogP contribution in [-0.2, 0) is 4.74 Å². The van der Waals surface area contributed by atoms with E-state index in [1.54, 1.807) is 0 Å². The van der Waals surface area contributed by atoms with E-state index >= 15 is 0 Å². The molecule has 2 nitrogen and oxygen atoms in total. The molecule has 0 aliphatic carbocycles. The molecule has 1 rings (SSSR count). The van der Waals surface area contributed by atoms with E-state index in [0.29, 0.717) is 24.2 Å².